The highest BCUT2D eigenvalue weighted by atomic mass is 16.5. The van der Waals surface area contributed by atoms with Crippen molar-refractivity contribution in [2.75, 3.05) is 26.4 Å². The molecule has 0 radical (unpaired) electrons. The number of hydrogen-bond acceptors (Lipinski definition) is 2. The molecule has 3 aliphatic carbocycles. The lowest BCUT2D eigenvalue weighted by molar-refractivity contribution is -0.0203. The van der Waals surface area contributed by atoms with Crippen LogP contribution in [0.3, 0.4) is 0 Å². The second-order valence-electron chi connectivity index (χ2n) is 12.9. The van der Waals surface area contributed by atoms with Crippen LogP contribution in [-0.4, -0.2) is 26.4 Å². The Kier molecular flexibility index (Phi) is 27.4. The lowest BCUT2D eigenvalue weighted by atomic mass is 9.78. The summed E-state index contributed by atoms with van der Waals surface area (Å²) < 4.78 is 11.3. The lowest BCUT2D eigenvalue weighted by Gasteiger charge is -2.34. The van der Waals surface area contributed by atoms with Crippen LogP contribution in [0.4, 0.5) is 0 Å². The Morgan fingerprint density at radius 3 is 0.750 bits per heavy atom. The molecule has 2 nitrogen and oxygen atoms in total. The molecule has 232 valence electrons. The smallest absolute Gasteiger partial charge is 0.107 e. The molecule has 0 aliphatic heterocycles. The Hall–Kier alpha value is -0.960. The first-order valence-electron chi connectivity index (χ1n) is 17.9. The third-order valence-corrected chi connectivity index (χ3v) is 9.10. The van der Waals surface area contributed by atoms with Crippen molar-refractivity contribution >= 4 is 0 Å². The van der Waals surface area contributed by atoms with Gasteiger partial charge in [-0.3, -0.25) is 0 Å². The van der Waals surface area contributed by atoms with E-state index >= 15 is 0 Å². The van der Waals surface area contributed by atoms with Crippen LogP contribution >= 0.6 is 0 Å². The van der Waals surface area contributed by atoms with Crippen molar-refractivity contribution < 1.29 is 9.47 Å². The molecule has 3 saturated carbocycles. The molecule has 0 spiro atoms. The van der Waals surface area contributed by atoms with Crippen molar-refractivity contribution in [3.63, 3.8) is 0 Å². The predicted octanol–water partition coefficient (Wildman–Crippen LogP) is 11.6. The monoisotopic (exact) mass is 557 g/mol. The zero-order chi connectivity index (χ0) is 28.7. The number of terminal acetylenes is 2. The Bertz CT molecular complexity index is 479. The van der Waals surface area contributed by atoms with Gasteiger partial charge in [0, 0.05) is 5.41 Å². The minimum Gasteiger partial charge on any atom is -0.368 e. The molecular weight excluding hydrogens is 488 g/mol. The Morgan fingerprint density at radius 2 is 0.550 bits per heavy atom. The molecular formula is C38H68O2. The third kappa shape index (κ3) is 23.7. The molecule has 0 aromatic heterocycles. The van der Waals surface area contributed by atoms with Gasteiger partial charge in [0.15, 0.2) is 0 Å². The zero-order valence-electron chi connectivity index (χ0n) is 26.8. The molecule has 0 heterocycles. The lowest BCUT2D eigenvalue weighted by Crippen LogP contribution is -2.33. The normalized spacial score (nSPS) is 21.9. The molecule has 40 heavy (non-hydrogen) atoms. The molecule has 0 bridgehead atoms. The molecule has 0 atom stereocenters. The van der Waals surface area contributed by atoms with Crippen LogP contribution < -0.4 is 0 Å². The summed E-state index contributed by atoms with van der Waals surface area (Å²) in [5.41, 5.74) is 0.102. The van der Waals surface area contributed by atoms with Gasteiger partial charge in [0.2, 0.25) is 0 Å². The molecule has 2 heteroatoms. The third-order valence-electron chi connectivity index (χ3n) is 9.10. The van der Waals surface area contributed by atoms with Crippen LogP contribution in [-0.2, 0) is 9.47 Å². The highest BCUT2D eigenvalue weighted by Crippen LogP contribution is 2.34. The van der Waals surface area contributed by atoms with E-state index in [0.717, 1.165) is 12.8 Å². The topological polar surface area (TPSA) is 18.5 Å². The van der Waals surface area contributed by atoms with Crippen molar-refractivity contribution in [3.05, 3.63) is 0 Å². The largest absolute Gasteiger partial charge is 0.368 e. The van der Waals surface area contributed by atoms with E-state index in [0.29, 0.717) is 26.4 Å². The van der Waals surface area contributed by atoms with Crippen LogP contribution in [0.25, 0.3) is 0 Å². The van der Waals surface area contributed by atoms with Gasteiger partial charge < -0.3 is 9.47 Å². The molecule has 3 fully saturated rings. The number of hydrogen-bond donors (Lipinski definition) is 0. The standard InChI is InChI=1S/C18H28O2.2C10H20/c1-3-14-19-16-18(17-20-15-4-2)12-10-8-6-5-7-9-11-13-18;2*1-2-4-6-8-10-9-7-5-3-1/h1-2H,5-17H2;2*1-10H2. The van der Waals surface area contributed by atoms with Gasteiger partial charge in [-0.25, -0.2) is 0 Å². The second kappa shape index (κ2) is 29.5. The summed E-state index contributed by atoms with van der Waals surface area (Å²) in [6, 6.07) is 0. The maximum atomic E-state index is 5.66. The molecule has 0 N–H and O–H groups in total. The quantitative estimate of drug-likeness (QED) is 0.239. The van der Waals surface area contributed by atoms with Gasteiger partial charge in [-0.15, -0.1) is 12.8 Å². The molecule has 0 aromatic carbocycles. The fourth-order valence-corrected chi connectivity index (χ4v) is 6.53. The van der Waals surface area contributed by atoms with E-state index in [1.165, 1.54) is 173 Å². The molecule has 3 aliphatic rings. The van der Waals surface area contributed by atoms with E-state index in [1.807, 2.05) is 0 Å². The summed E-state index contributed by atoms with van der Waals surface area (Å²) in [7, 11) is 0. The average molecular weight is 557 g/mol. The SMILES string of the molecule is C#CCOCC1(COCC#C)CCCCCCCCC1.C1CCCCCCCCC1.C1CCCCCCCCC1. The van der Waals surface area contributed by atoms with Crippen molar-refractivity contribution in [1.82, 2.24) is 0 Å². The first-order chi connectivity index (χ1) is 19.8. The maximum absolute atomic E-state index is 5.66. The highest BCUT2D eigenvalue weighted by molar-refractivity contribution is 4.87. The van der Waals surface area contributed by atoms with Gasteiger partial charge in [0.1, 0.15) is 13.2 Å². The van der Waals surface area contributed by atoms with Crippen LogP contribution in [0.15, 0.2) is 0 Å². The van der Waals surface area contributed by atoms with Gasteiger partial charge >= 0.3 is 0 Å². The van der Waals surface area contributed by atoms with E-state index < -0.39 is 0 Å². The van der Waals surface area contributed by atoms with Gasteiger partial charge in [-0.05, 0) is 12.8 Å². The van der Waals surface area contributed by atoms with Gasteiger partial charge in [-0.1, -0.05) is 185 Å². The zero-order valence-corrected chi connectivity index (χ0v) is 26.8. The minimum absolute atomic E-state index is 0.102. The summed E-state index contributed by atoms with van der Waals surface area (Å²) in [5, 5.41) is 0. The van der Waals surface area contributed by atoms with Crippen LogP contribution in [0.2, 0.25) is 0 Å². The summed E-state index contributed by atoms with van der Waals surface area (Å²) in [6.45, 7) is 2.16. The fraction of sp³-hybridized carbons (Fsp3) is 0.895. The summed E-state index contributed by atoms with van der Waals surface area (Å²) in [4.78, 5) is 0. The summed E-state index contributed by atoms with van der Waals surface area (Å²) in [5.74, 6) is 5.09. The van der Waals surface area contributed by atoms with Gasteiger partial charge in [-0.2, -0.15) is 0 Å². The van der Waals surface area contributed by atoms with Crippen LogP contribution in [0.1, 0.15) is 186 Å². The van der Waals surface area contributed by atoms with E-state index in [2.05, 4.69) is 11.8 Å². The van der Waals surface area contributed by atoms with Crippen molar-refractivity contribution in [3.8, 4) is 24.7 Å². The van der Waals surface area contributed by atoms with Crippen molar-refractivity contribution in [1.29, 1.82) is 0 Å². The Labute approximate surface area is 251 Å². The minimum atomic E-state index is 0.102. The van der Waals surface area contributed by atoms with E-state index in [1.54, 1.807) is 0 Å². The number of rotatable bonds is 6. The molecule has 0 aromatic rings. The number of ether oxygens (including phenoxy) is 2. The van der Waals surface area contributed by atoms with Crippen LogP contribution in [0.5, 0.6) is 0 Å². The Balaban J connectivity index is 0.000000333. The molecule has 0 amide bonds. The molecule has 3 rings (SSSR count). The highest BCUT2D eigenvalue weighted by Gasteiger charge is 2.30. The van der Waals surface area contributed by atoms with Crippen molar-refractivity contribution in [2.45, 2.75) is 186 Å². The molecule has 0 unspecified atom stereocenters. The van der Waals surface area contributed by atoms with Gasteiger partial charge in [0.25, 0.3) is 0 Å². The first kappa shape index (κ1) is 37.1. The summed E-state index contributed by atoms with van der Waals surface area (Å²) >= 11 is 0. The first-order valence-corrected chi connectivity index (χ1v) is 17.9. The fourth-order valence-electron chi connectivity index (χ4n) is 6.53. The van der Waals surface area contributed by atoms with E-state index in [9.17, 15) is 0 Å². The van der Waals surface area contributed by atoms with Crippen molar-refractivity contribution in [2.24, 2.45) is 5.41 Å². The second-order valence-corrected chi connectivity index (χ2v) is 12.9. The maximum Gasteiger partial charge on any atom is 0.107 e. The summed E-state index contributed by atoms with van der Waals surface area (Å²) in [6.07, 6.45) is 52.1. The van der Waals surface area contributed by atoms with Gasteiger partial charge in [0.05, 0.1) is 13.2 Å². The van der Waals surface area contributed by atoms with Crippen LogP contribution in [0, 0.1) is 30.1 Å². The van der Waals surface area contributed by atoms with E-state index in [4.69, 9.17) is 22.3 Å². The molecule has 0 saturated heterocycles. The average Bonchev–Trinajstić information content (AvgIpc) is 2.99. The predicted molar refractivity (Wildman–Crippen MR) is 176 cm³/mol. The van der Waals surface area contributed by atoms with E-state index in [-0.39, 0.29) is 5.41 Å². The Morgan fingerprint density at radius 1 is 0.350 bits per heavy atom.